The molecule has 13 rings (SSSR count). The van der Waals surface area contributed by atoms with Gasteiger partial charge in [0.05, 0.1) is 44.3 Å². The van der Waals surface area contributed by atoms with Gasteiger partial charge in [0.2, 0.25) is 0 Å². The smallest absolute Gasteiger partial charge is 0.140 e. The number of allylic oxidation sites excluding steroid dienone is 1. The zero-order valence-electron chi connectivity index (χ0n) is 31.4. The van der Waals surface area contributed by atoms with Crippen LogP contribution in [-0.4, -0.2) is 28.2 Å². The average molecular weight is 743 g/mol. The standard InChI is InChI=1S/C52H34N6/c1-7-21-39-33(15-1)34-16-2-8-22-40(34)55(39)47-27-13-29-49(53-47)57-43-25-11-5-19-37(43)51-45(57)31-32-46-52(51)38-20-6-12-26-44(38)58(46)50-30-14-28-48(54-50)56-41-23-9-3-17-35(41)36-18-4-10-24-42(36)56/h1-5,7-19,21-32H,6,20H2. The van der Waals surface area contributed by atoms with Crippen molar-refractivity contribution in [3.05, 3.63) is 187 Å². The van der Waals surface area contributed by atoms with E-state index in [1.807, 2.05) is 0 Å². The fourth-order valence-electron chi connectivity index (χ4n) is 9.94. The van der Waals surface area contributed by atoms with Crippen molar-refractivity contribution in [2.24, 2.45) is 0 Å². The normalized spacial score (nSPS) is 13.0. The molecule has 12 aromatic rings. The summed E-state index contributed by atoms with van der Waals surface area (Å²) in [4.78, 5) is 10.9. The van der Waals surface area contributed by atoms with Gasteiger partial charge in [0.1, 0.15) is 23.3 Å². The zero-order chi connectivity index (χ0) is 37.9. The predicted octanol–water partition coefficient (Wildman–Crippen LogP) is 12.7. The monoisotopic (exact) mass is 742 g/mol. The van der Waals surface area contributed by atoms with Crippen LogP contribution in [0, 0.1) is 0 Å². The average Bonchev–Trinajstić information content (AvgIpc) is 4.01. The molecule has 1 aliphatic rings. The third-order valence-electron chi connectivity index (χ3n) is 12.3. The Morgan fingerprint density at radius 1 is 0.328 bits per heavy atom. The number of benzene rings is 6. The van der Waals surface area contributed by atoms with E-state index in [0.717, 1.165) is 74.7 Å². The Kier molecular flexibility index (Phi) is 6.46. The topological polar surface area (TPSA) is 45.5 Å². The van der Waals surface area contributed by atoms with Gasteiger partial charge in [-0.25, -0.2) is 9.97 Å². The molecular formula is C52H34N6. The first-order valence-electron chi connectivity index (χ1n) is 20.0. The van der Waals surface area contributed by atoms with Gasteiger partial charge in [-0.1, -0.05) is 109 Å². The van der Waals surface area contributed by atoms with Crippen LogP contribution in [0.3, 0.4) is 0 Å². The number of aromatic nitrogens is 6. The van der Waals surface area contributed by atoms with Crippen molar-refractivity contribution in [3.8, 4) is 23.3 Å². The van der Waals surface area contributed by atoms with Gasteiger partial charge in [-0.3, -0.25) is 18.3 Å². The molecule has 0 aliphatic heterocycles. The molecule has 272 valence electrons. The summed E-state index contributed by atoms with van der Waals surface area (Å²) in [6.45, 7) is 0. The number of hydrogen-bond acceptors (Lipinski definition) is 2. The summed E-state index contributed by atoms with van der Waals surface area (Å²) >= 11 is 0. The van der Waals surface area contributed by atoms with E-state index < -0.39 is 0 Å². The highest BCUT2D eigenvalue weighted by molar-refractivity contribution is 6.23. The maximum absolute atomic E-state index is 5.46. The fourth-order valence-corrected chi connectivity index (χ4v) is 9.94. The third kappa shape index (κ3) is 4.26. The minimum Gasteiger partial charge on any atom is -0.294 e. The molecule has 0 amide bonds. The summed E-state index contributed by atoms with van der Waals surface area (Å²) in [5.74, 6) is 3.58. The summed E-state index contributed by atoms with van der Waals surface area (Å²) in [5.41, 5.74) is 10.6. The van der Waals surface area contributed by atoms with E-state index in [-0.39, 0.29) is 0 Å². The summed E-state index contributed by atoms with van der Waals surface area (Å²) in [5, 5.41) is 8.66. The Bertz CT molecular complexity index is 3590. The van der Waals surface area contributed by atoms with E-state index in [4.69, 9.17) is 9.97 Å². The number of aryl methyl sites for hydroxylation is 1. The minimum atomic E-state index is 0.888. The molecule has 6 heteroatoms. The molecule has 6 aromatic heterocycles. The molecule has 0 fully saturated rings. The Balaban J connectivity index is 1.05. The lowest BCUT2D eigenvalue weighted by Gasteiger charge is -2.13. The predicted molar refractivity (Wildman–Crippen MR) is 239 cm³/mol. The van der Waals surface area contributed by atoms with Gasteiger partial charge in [-0.2, -0.15) is 0 Å². The molecule has 0 radical (unpaired) electrons. The van der Waals surface area contributed by atoms with E-state index in [9.17, 15) is 0 Å². The third-order valence-corrected chi connectivity index (χ3v) is 12.3. The molecular weight excluding hydrogens is 709 g/mol. The van der Waals surface area contributed by atoms with Crippen LogP contribution >= 0.6 is 0 Å². The highest BCUT2D eigenvalue weighted by Crippen LogP contribution is 2.43. The van der Waals surface area contributed by atoms with Crippen molar-refractivity contribution in [2.75, 3.05) is 0 Å². The number of fused-ring (bicyclic) bond motifs is 13. The maximum atomic E-state index is 5.46. The van der Waals surface area contributed by atoms with Crippen LogP contribution in [0.2, 0.25) is 0 Å². The van der Waals surface area contributed by atoms with E-state index in [2.05, 4.69) is 200 Å². The maximum Gasteiger partial charge on any atom is 0.140 e. The minimum absolute atomic E-state index is 0.888. The van der Waals surface area contributed by atoms with E-state index in [1.54, 1.807) is 0 Å². The van der Waals surface area contributed by atoms with Gasteiger partial charge in [-0.15, -0.1) is 0 Å². The highest BCUT2D eigenvalue weighted by atomic mass is 15.2. The molecule has 0 saturated heterocycles. The fraction of sp³-hybridized carbons (Fsp3) is 0.0385. The van der Waals surface area contributed by atoms with Crippen LogP contribution in [0.25, 0.3) is 106 Å². The Labute approximate surface area is 332 Å². The first-order valence-corrected chi connectivity index (χ1v) is 20.0. The Hall–Kier alpha value is -7.70. The lowest BCUT2D eigenvalue weighted by atomic mass is 9.98. The van der Waals surface area contributed by atoms with Gasteiger partial charge in [0, 0.05) is 37.7 Å². The molecule has 6 aromatic carbocycles. The van der Waals surface area contributed by atoms with Crippen LogP contribution in [0.1, 0.15) is 17.7 Å². The van der Waals surface area contributed by atoms with Gasteiger partial charge in [0.25, 0.3) is 0 Å². The molecule has 58 heavy (non-hydrogen) atoms. The van der Waals surface area contributed by atoms with Crippen molar-refractivity contribution < 1.29 is 0 Å². The van der Waals surface area contributed by atoms with Crippen LogP contribution in [-0.2, 0) is 6.42 Å². The summed E-state index contributed by atoms with van der Waals surface area (Å²) in [6.07, 6.45) is 6.56. The SMILES string of the molecule is C1=Cc2c(c3c4c5ccccc5n(-c5cccc(-n6c7ccccc7c7ccccc76)n5)c4ccc3n2-c2cccc(-n3c4ccccc4c4ccccc43)n2)CC1. The second-order valence-electron chi connectivity index (χ2n) is 15.3. The number of nitrogens with zero attached hydrogens (tertiary/aromatic N) is 6. The molecule has 0 saturated carbocycles. The van der Waals surface area contributed by atoms with E-state index in [0.29, 0.717) is 0 Å². The molecule has 0 bridgehead atoms. The molecule has 0 unspecified atom stereocenters. The van der Waals surface area contributed by atoms with Crippen LogP contribution in [0.15, 0.2) is 176 Å². The Morgan fingerprint density at radius 3 is 1.19 bits per heavy atom. The molecule has 0 N–H and O–H groups in total. The quantitative estimate of drug-likeness (QED) is 0.180. The van der Waals surface area contributed by atoms with Crippen LogP contribution in [0.5, 0.6) is 0 Å². The molecule has 6 heterocycles. The lowest BCUT2D eigenvalue weighted by Crippen LogP contribution is -2.05. The van der Waals surface area contributed by atoms with Crippen molar-refractivity contribution >= 4 is 82.4 Å². The van der Waals surface area contributed by atoms with Gasteiger partial charge in [0.15, 0.2) is 0 Å². The van der Waals surface area contributed by atoms with Gasteiger partial charge in [-0.05, 0) is 91.2 Å². The second kappa shape index (κ2) is 11.9. The molecule has 6 nitrogen and oxygen atoms in total. The number of rotatable bonds is 4. The Morgan fingerprint density at radius 2 is 0.707 bits per heavy atom. The summed E-state index contributed by atoms with van der Waals surface area (Å²) in [6, 6.07) is 60.7. The van der Waals surface area contributed by atoms with Crippen molar-refractivity contribution in [2.45, 2.75) is 12.8 Å². The van der Waals surface area contributed by atoms with Crippen molar-refractivity contribution in [1.29, 1.82) is 0 Å². The first-order chi connectivity index (χ1) is 28.8. The van der Waals surface area contributed by atoms with E-state index >= 15 is 0 Å². The van der Waals surface area contributed by atoms with Gasteiger partial charge < -0.3 is 0 Å². The number of pyridine rings is 2. The molecule has 1 aliphatic carbocycles. The molecule has 0 spiro atoms. The van der Waals surface area contributed by atoms with Crippen molar-refractivity contribution in [3.63, 3.8) is 0 Å². The van der Waals surface area contributed by atoms with Gasteiger partial charge >= 0.3 is 0 Å². The van der Waals surface area contributed by atoms with Crippen LogP contribution < -0.4 is 0 Å². The number of hydrogen-bond donors (Lipinski definition) is 0. The highest BCUT2D eigenvalue weighted by Gasteiger charge is 2.25. The second-order valence-corrected chi connectivity index (χ2v) is 15.3. The largest absolute Gasteiger partial charge is 0.294 e. The zero-order valence-corrected chi connectivity index (χ0v) is 31.4. The van der Waals surface area contributed by atoms with Crippen molar-refractivity contribution in [1.82, 2.24) is 28.2 Å². The number of para-hydroxylation sites is 5. The van der Waals surface area contributed by atoms with Crippen LogP contribution in [0.4, 0.5) is 0 Å². The summed E-state index contributed by atoms with van der Waals surface area (Å²) in [7, 11) is 0. The van der Waals surface area contributed by atoms with E-state index in [1.165, 1.54) is 49.0 Å². The molecule has 0 atom stereocenters. The lowest BCUT2D eigenvalue weighted by molar-refractivity contribution is 0.941. The summed E-state index contributed by atoms with van der Waals surface area (Å²) < 4.78 is 9.33. The first kappa shape index (κ1) is 31.5.